The van der Waals surface area contributed by atoms with E-state index in [0.717, 1.165) is 0 Å². The molecule has 0 atom stereocenters. The number of nitrogens with zero attached hydrogens (tertiary/aromatic N) is 2. The Bertz CT molecular complexity index is 1030. The van der Waals surface area contributed by atoms with Crippen LogP contribution in [-0.4, -0.2) is 41.3 Å². The van der Waals surface area contributed by atoms with Gasteiger partial charge in [0.1, 0.15) is 5.69 Å². The predicted octanol–water partition coefficient (Wildman–Crippen LogP) is 4.41. The molecule has 0 radical (unpaired) electrons. The lowest BCUT2D eigenvalue weighted by Gasteiger charge is -2.41. The van der Waals surface area contributed by atoms with E-state index in [2.05, 4.69) is 39.9 Å². The van der Waals surface area contributed by atoms with E-state index in [9.17, 15) is 9.59 Å². The maximum atomic E-state index is 13.2. The lowest BCUT2D eigenvalue weighted by atomic mass is 9.72. The summed E-state index contributed by atoms with van der Waals surface area (Å²) in [5, 5.41) is 5.13. The number of nitrogens with one attached hydrogen (secondary N) is 1. The molecule has 5 nitrogen and oxygen atoms in total. The second-order valence-corrected chi connectivity index (χ2v) is 8.91. The molecule has 4 rings (SSSR count). The molecule has 2 aromatic heterocycles. The van der Waals surface area contributed by atoms with Crippen LogP contribution in [0.3, 0.4) is 0 Å². The van der Waals surface area contributed by atoms with E-state index >= 15 is 0 Å². The van der Waals surface area contributed by atoms with E-state index in [4.69, 9.17) is 0 Å². The number of amides is 2. The van der Waals surface area contributed by atoms with Gasteiger partial charge in [0, 0.05) is 30.7 Å². The first-order valence-corrected chi connectivity index (χ1v) is 11.6. The van der Waals surface area contributed by atoms with Gasteiger partial charge in [0.15, 0.2) is 0 Å². The highest BCUT2D eigenvalue weighted by Gasteiger charge is 2.42. The van der Waals surface area contributed by atoms with Crippen LogP contribution in [-0.2, 0) is 11.2 Å². The summed E-state index contributed by atoms with van der Waals surface area (Å²) in [6, 6.07) is 17.9. The maximum absolute atomic E-state index is 13.2. The number of aromatic nitrogens is 1. The molecule has 3 aromatic rings. The summed E-state index contributed by atoms with van der Waals surface area (Å²) < 4.78 is 0. The summed E-state index contributed by atoms with van der Waals surface area (Å²) in [5.74, 6) is 0.0185. The lowest BCUT2D eigenvalue weighted by molar-refractivity contribution is -0.133. The number of carbonyl (C=O) groups is 2. The third kappa shape index (κ3) is 4.54. The van der Waals surface area contributed by atoms with Gasteiger partial charge in [0.2, 0.25) is 5.91 Å². The molecule has 3 heterocycles. The van der Waals surface area contributed by atoms with Crippen molar-refractivity contribution in [3.8, 4) is 10.4 Å². The smallest absolute Gasteiger partial charge is 0.272 e. The van der Waals surface area contributed by atoms with Crippen LogP contribution in [0.5, 0.6) is 0 Å². The molecule has 1 N–H and O–H groups in total. The Morgan fingerprint density at radius 2 is 1.84 bits per heavy atom. The fraction of sp³-hybridized carbons (Fsp3) is 0.320. The highest BCUT2D eigenvalue weighted by molar-refractivity contribution is 7.13. The SMILES string of the molecule is CCNC(=O)C1(Cc2ccccc2-c2cccs2)CCN(C(=O)c2ccccn2)CC1. The zero-order valence-corrected chi connectivity index (χ0v) is 18.5. The number of hydrogen-bond donors (Lipinski definition) is 1. The molecule has 1 fully saturated rings. The number of rotatable bonds is 6. The number of carbonyl (C=O) groups excluding carboxylic acids is 2. The second kappa shape index (κ2) is 9.43. The Balaban J connectivity index is 1.57. The summed E-state index contributed by atoms with van der Waals surface area (Å²) in [6.07, 6.45) is 3.57. The van der Waals surface area contributed by atoms with E-state index < -0.39 is 5.41 Å². The van der Waals surface area contributed by atoms with Crippen molar-refractivity contribution in [3.63, 3.8) is 0 Å². The molecule has 0 bridgehead atoms. The maximum Gasteiger partial charge on any atom is 0.272 e. The summed E-state index contributed by atoms with van der Waals surface area (Å²) in [6.45, 7) is 3.65. The van der Waals surface area contributed by atoms with Crippen LogP contribution in [0.1, 0.15) is 35.8 Å². The first-order chi connectivity index (χ1) is 15.1. The van der Waals surface area contributed by atoms with Gasteiger partial charge in [-0.1, -0.05) is 36.4 Å². The molecule has 1 aliphatic heterocycles. The highest BCUT2D eigenvalue weighted by atomic mass is 32.1. The minimum absolute atomic E-state index is 0.0657. The topological polar surface area (TPSA) is 62.3 Å². The standard InChI is InChI=1S/C25H27N3O2S/c1-2-26-24(30)25(18-19-8-3-4-9-20(19)22-11-7-17-31-22)12-15-28(16-13-25)23(29)21-10-5-6-14-27-21/h3-11,14,17H,2,12-13,15-16,18H2,1H3,(H,26,30). The highest BCUT2D eigenvalue weighted by Crippen LogP contribution is 2.39. The van der Waals surface area contributed by atoms with E-state index in [0.29, 0.717) is 44.6 Å². The molecule has 31 heavy (non-hydrogen) atoms. The summed E-state index contributed by atoms with van der Waals surface area (Å²) in [5.41, 5.74) is 2.30. The molecule has 0 spiro atoms. The third-order valence-corrected chi connectivity index (χ3v) is 6.95. The Morgan fingerprint density at radius 1 is 1.06 bits per heavy atom. The minimum atomic E-state index is -0.524. The van der Waals surface area contributed by atoms with E-state index in [-0.39, 0.29) is 11.8 Å². The van der Waals surface area contributed by atoms with Gasteiger partial charge in [0.25, 0.3) is 5.91 Å². The largest absolute Gasteiger partial charge is 0.356 e. The van der Waals surface area contributed by atoms with Gasteiger partial charge >= 0.3 is 0 Å². The van der Waals surface area contributed by atoms with Crippen LogP contribution < -0.4 is 5.32 Å². The Hall–Kier alpha value is -2.99. The number of thiophene rings is 1. The third-order valence-electron chi connectivity index (χ3n) is 6.04. The first-order valence-electron chi connectivity index (χ1n) is 10.7. The molecular weight excluding hydrogens is 406 g/mol. The van der Waals surface area contributed by atoms with Crippen molar-refractivity contribution in [1.29, 1.82) is 0 Å². The zero-order chi connectivity index (χ0) is 21.7. The molecule has 1 saturated heterocycles. The zero-order valence-electron chi connectivity index (χ0n) is 17.7. The van der Waals surface area contributed by atoms with Gasteiger partial charge in [-0.25, -0.2) is 0 Å². The van der Waals surface area contributed by atoms with Gasteiger partial charge in [-0.05, 0) is 60.9 Å². The van der Waals surface area contributed by atoms with Gasteiger partial charge in [-0.2, -0.15) is 0 Å². The van der Waals surface area contributed by atoms with Crippen LogP contribution in [0.25, 0.3) is 10.4 Å². The molecular formula is C25H27N3O2S. The van der Waals surface area contributed by atoms with Crippen LogP contribution in [0.4, 0.5) is 0 Å². The summed E-state index contributed by atoms with van der Waals surface area (Å²) in [4.78, 5) is 33.3. The number of benzene rings is 1. The van der Waals surface area contributed by atoms with Gasteiger partial charge in [0.05, 0.1) is 5.41 Å². The fourth-order valence-electron chi connectivity index (χ4n) is 4.33. The van der Waals surface area contributed by atoms with Gasteiger partial charge in [-0.3, -0.25) is 14.6 Å². The quantitative estimate of drug-likeness (QED) is 0.626. The van der Waals surface area contributed by atoms with E-state index in [1.807, 2.05) is 30.0 Å². The summed E-state index contributed by atoms with van der Waals surface area (Å²) >= 11 is 1.71. The molecule has 1 aliphatic rings. The Morgan fingerprint density at radius 3 is 2.52 bits per heavy atom. The number of likely N-dealkylation sites (tertiary alicyclic amines) is 1. The minimum Gasteiger partial charge on any atom is -0.356 e. The number of hydrogen-bond acceptors (Lipinski definition) is 4. The molecule has 160 valence electrons. The fourth-order valence-corrected chi connectivity index (χ4v) is 5.12. The van der Waals surface area contributed by atoms with Gasteiger partial charge in [-0.15, -0.1) is 11.3 Å². The van der Waals surface area contributed by atoms with Crippen molar-refractivity contribution in [3.05, 3.63) is 77.4 Å². The van der Waals surface area contributed by atoms with Crippen molar-refractivity contribution < 1.29 is 9.59 Å². The van der Waals surface area contributed by atoms with Crippen LogP contribution in [0.15, 0.2) is 66.2 Å². The van der Waals surface area contributed by atoms with Crippen LogP contribution >= 0.6 is 11.3 Å². The van der Waals surface area contributed by atoms with Gasteiger partial charge < -0.3 is 10.2 Å². The van der Waals surface area contributed by atoms with Crippen molar-refractivity contribution in [2.24, 2.45) is 5.41 Å². The van der Waals surface area contributed by atoms with Crippen molar-refractivity contribution in [1.82, 2.24) is 15.2 Å². The Labute approximate surface area is 187 Å². The molecule has 0 saturated carbocycles. The monoisotopic (exact) mass is 433 g/mol. The Kier molecular flexibility index (Phi) is 6.47. The van der Waals surface area contributed by atoms with E-state index in [1.165, 1.54) is 16.0 Å². The lowest BCUT2D eigenvalue weighted by Crippen LogP contribution is -2.51. The number of piperidine rings is 1. The molecule has 2 amide bonds. The predicted molar refractivity (Wildman–Crippen MR) is 124 cm³/mol. The average Bonchev–Trinajstić information content (AvgIpc) is 3.35. The van der Waals surface area contributed by atoms with Crippen molar-refractivity contribution >= 4 is 23.2 Å². The second-order valence-electron chi connectivity index (χ2n) is 7.96. The summed E-state index contributed by atoms with van der Waals surface area (Å²) in [7, 11) is 0. The molecule has 6 heteroatoms. The van der Waals surface area contributed by atoms with Crippen molar-refractivity contribution in [2.45, 2.75) is 26.2 Å². The molecule has 1 aromatic carbocycles. The van der Waals surface area contributed by atoms with E-state index in [1.54, 1.807) is 29.7 Å². The van der Waals surface area contributed by atoms with Crippen LogP contribution in [0.2, 0.25) is 0 Å². The molecule has 0 unspecified atom stereocenters. The average molecular weight is 434 g/mol. The molecule has 0 aliphatic carbocycles. The van der Waals surface area contributed by atoms with Crippen molar-refractivity contribution in [2.75, 3.05) is 19.6 Å². The number of pyridine rings is 1. The normalized spacial score (nSPS) is 15.5. The first kappa shape index (κ1) is 21.2. The van der Waals surface area contributed by atoms with Crippen LogP contribution in [0, 0.1) is 5.41 Å².